The van der Waals surface area contributed by atoms with E-state index in [-0.39, 0.29) is 71.4 Å². The van der Waals surface area contributed by atoms with Gasteiger partial charge in [-0.1, -0.05) is 115 Å². The van der Waals surface area contributed by atoms with Crippen LogP contribution in [0.2, 0.25) is 15.1 Å². The van der Waals surface area contributed by atoms with Crippen molar-refractivity contribution in [3.8, 4) is 57.1 Å². The maximum absolute atomic E-state index is 16.6. The molecular formula is C86H98Cl3N11O24. The molecule has 662 valence electrons. The van der Waals surface area contributed by atoms with E-state index >= 15 is 24.0 Å². The average molecular weight is 1780 g/mol. The van der Waals surface area contributed by atoms with Crippen LogP contribution in [0.15, 0.2) is 121 Å². The number of amides is 7. The van der Waals surface area contributed by atoms with Gasteiger partial charge in [0.15, 0.2) is 23.8 Å². The molecule has 14 rings (SSSR count). The van der Waals surface area contributed by atoms with Crippen LogP contribution in [0.5, 0.6) is 46.0 Å². The van der Waals surface area contributed by atoms with Crippen molar-refractivity contribution in [3.63, 3.8) is 0 Å². The van der Waals surface area contributed by atoms with E-state index in [0.717, 1.165) is 59.2 Å². The first-order chi connectivity index (χ1) is 58.9. The number of carboxylic acids is 1. The second-order valence-corrected chi connectivity index (χ2v) is 33.1. The number of benzene rings is 7. The van der Waals surface area contributed by atoms with E-state index in [1.807, 2.05) is 67.3 Å². The minimum absolute atomic E-state index is 0.110. The fourth-order valence-electron chi connectivity index (χ4n) is 15.3. The number of likely N-dealkylation sites (N-methyl/N-ethyl adjacent to an activating group) is 2. The summed E-state index contributed by atoms with van der Waals surface area (Å²) in [6, 6.07) is 13.7. The number of phenolic OH excluding ortho intramolecular Hbond substituents is 3. The molecule has 2 fully saturated rings. The van der Waals surface area contributed by atoms with Gasteiger partial charge in [-0.25, -0.2) is 4.79 Å². The highest BCUT2D eigenvalue weighted by Crippen LogP contribution is 2.51. The zero-order valence-corrected chi connectivity index (χ0v) is 70.4. The SMILES string of the molecule is CN[C@H](CC(C)C)C(=O)N[C@H]1C(=O)N[C@@H](CC(N)=O)C(=O)N[C@H]2C(=O)N[C@H]3C(=O)N[C@H](C(=O)N[C@@H](C(=O)O)c4cc(O)c(CNCCN(C)C)c(O)c4-c4cc3ccc4O)[C@H](O[C@H]3C[C@](C)(NCc4cccc(/C=C/c5ccc(Cl)cc5)c4)[C@@H](O)[C@H](C)O3)c3ccc(c(Cl)c3)Oc3cc2cc(c3O[C@@H]2O[C@H](CO)[C@@H](O)[C@H](O)[C@H]2O)Oc2ccc(cc2Cl)[C@H]1O. The van der Waals surface area contributed by atoms with Crippen molar-refractivity contribution in [1.82, 2.24) is 52.8 Å². The number of ether oxygens (including phenoxy) is 6. The van der Waals surface area contributed by atoms with Gasteiger partial charge < -0.3 is 138 Å². The van der Waals surface area contributed by atoms with E-state index in [0.29, 0.717) is 11.6 Å². The number of nitrogens with two attached hydrogens (primary N) is 1. The van der Waals surface area contributed by atoms with E-state index in [1.54, 1.807) is 40.1 Å². The van der Waals surface area contributed by atoms with Crippen LogP contribution < -0.4 is 67.8 Å². The molecule has 38 heteroatoms. The first-order valence-corrected chi connectivity index (χ1v) is 40.9. The lowest BCUT2D eigenvalue weighted by Crippen LogP contribution is -2.63. The van der Waals surface area contributed by atoms with E-state index in [1.165, 1.54) is 37.4 Å². The highest BCUT2D eigenvalue weighted by Gasteiger charge is 2.50. The molecule has 7 aromatic carbocycles. The number of aromatic hydroxyl groups is 3. The average Bonchev–Trinajstić information content (AvgIpc) is 0.757. The number of carbonyl (C=O) groups is 8. The summed E-state index contributed by atoms with van der Waals surface area (Å²) in [6.07, 6.45) is -15.4. The molecule has 7 amide bonds. The van der Waals surface area contributed by atoms with Gasteiger partial charge in [0, 0.05) is 59.9 Å². The lowest BCUT2D eigenvalue weighted by Gasteiger charge is -2.47. The smallest absolute Gasteiger partial charge is 0.330 e. The van der Waals surface area contributed by atoms with Crippen LogP contribution in [0, 0.1) is 5.92 Å². The number of aliphatic carboxylic acids is 1. The van der Waals surface area contributed by atoms with Crippen LogP contribution in [0.4, 0.5) is 0 Å². The number of hydrogen-bond donors (Lipinski definition) is 20. The van der Waals surface area contributed by atoms with Gasteiger partial charge in [0.1, 0.15) is 95.6 Å². The lowest BCUT2D eigenvalue weighted by molar-refractivity contribution is -0.277. The van der Waals surface area contributed by atoms with Crippen LogP contribution in [0.25, 0.3) is 23.3 Å². The molecule has 0 unspecified atom stereocenters. The second kappa shape index (κ2) is 39.6. The van der Waals surface area contributed by atoms with Crippen LogP contribution in [0.3, 0.4) is 0 Å². The molecule has 7 aromatic rings. The molecular weight excluding hydrogens is 1680 g/mol. The third-order valence-electron chi connectivity index (χ3n) is 22.0. The summed E-state index contributed by atoms with van der Waals surface area (Å²) in [5, 5.41) is 142. The number of nitrogens with zero attached hydrogens (tertiary/aromatic N) is 1. The van der Waals surface area contributed by atoms with Crippen LogP contribution >= 0.6 is 34.8 Å². The molecule has 124 heavy (non-hydrogen) atoms. The summed E-state index contributed by atoms with van der Waals surface area (Å²) >= 11 is 20.7. The van der Waals surface area contributed by atoms with Crippen LogP contribution in [-0.2, 0) is 65.7 Å². The zero-order chi connectivity index (χ0) is 89.6. The van der Waals surface area contributed by atoms with Crippen molar-refractivity contribution >= 4 is 94.3 Å². The molecule has 11 bridgehead atoms. The fraction of sp³-hybridized carbons (Fsp3) is 0.395. The molecule has 2 saturated heterocycles. The lowest BCUT2D eigenvalue weighted by atomic mass is 9.84. The number of carbonyl (C=O) groups excluding carboxylic acids is 7. The quantitative estimate of drug-likeness (QED) is 0.0311. The van der Waals surface area contributed by atoms with Crippen molar-refractivity contribution < 1.29 is 118 Å². The highest BCUT2D eigenvalue weighted by molar-refractivity contribution is 6.32. The third-order valence-corrected chi connectivity index (χ3v) is 22.9. The molecule has 18 atom stereocenters. The number of hydrogen-bond acceptors (Lipinski definition) is 27. The normalized spacial score (nSPS) is 26.3. The van der Waals surface area contributed by atoms with E-state index in [4.69, 9.17) is 69.0 Å². The summed E-state index contributed by atoms with van der Waals surface area (Å²) in [5.74, 6) is -16.0. The van der Waals surface area contributed by atoms with Gasteiger partial charge in [-0.15, -0.1) is 0 Å². The number of halogens is 3. The van der Waals surface area contributed by atoms with Gasteiger partial charge in [-0.2, -0.15) is 0 Å². The molecule has 7 aliphatic heterocycles. The first kappa shape index (κ1) is 92.4. The summed E-state index contributed by atoms with van der Waals surface area (Å²) in [6.45, 7) is 6.44. The molecule has 7 aliphatic rings. The highest BCUT2D eigenvalue weighted by atomic mass is 35.5. The number of aliphatic hydroxyl groups excluding tert-OH is 6. The van der Waals surface area contributed by atoms with Gasteiger partial charge in [-0.3, -0.25) is 33.6 Å². The Morgan fingerprint density at radius 2 is 1.34 bits per heavy atom. The number of aliphatic hydroxyl groups is 6. The number of nitrogens with one attached hydrogen (secondary N) is 9. The van der Waals surface area contributed by atoms with Gasteiger partial charge >= 0.3 is 5.97 Å². The van der Waals surface area contributed by atoms with Gasteiger partial charge in [0.05, 0.1) is 46.9 Å². The minimum atomic E-state index is -2.38. The van der Waals surface area contributed by atoms with Gasteiger partial charge in [0.2, 0.25) is 53.4 Å². The standard InChI is InChI=1S/C86H98Cl3N11O24/c1-38(2)25-53(91-5)78(111)98-68-70(105)44-16-21-57(51(88)28-44)120-59-30-46-31-60(76(59)124-85-74(109)73(108)72(107)61(37-101)122-85)121-58-22-17-45(29-52(58)89)75(123-63-34-86(4,77(110)39(3)119-63)93-35-42-10-8-9-41(26-42)12-11-40-13-18-47(87)19-14-40)69-83(116)97-67(84(117)118)49-32-56(103)50(36-92-23-24-100(6)7)71(106)64(49)48-27-43(15-20-55(48)102)65(80(113)99-69)96-81(114)66(46)95-79(112)54(33-62(90)104)94-82(68)115/h8-22,26-32,38-39,53-54,61,63,65-70,72-75,77,85,91-93,101-103,105-110H,23-25,33-37H2,1-7H3,(H2,90,104)(H,94,115)(H,95,112)(H,96,114)(H,97,116)(H,98,111)(H,99,113)(H,117,118)/b12-11+/t39-,53+,54-,61+,63-,65+,66+,67+,68+,69-,70+,72+,73-,74+,75+,77-,85-,86-/m0/s1. The number of primary amides is 1. The Balaban J connectivity index is 1.08. The predicted molar refractivity (Wildman–Crippen MR) is 449 cm³/mol. The number of fused-ring (bicyclic) bond motifs is 15. The van der Waals surface area contributed by atoms with Crippen LogP contribution in [-0.4, -0.2) is 223 Å². The molecule has 0 aliphatic carbocycles. The first-order valence-electron chi connectivity index (χ1n) is 39.7. The molecule has 7 heterocycles. The monoisotopic (exact) mass is 1770 g/mol. The Bertz CT molecular complexity index is 5200. The predicted octanol–water partition coefficient (Wildman–Crippen LogP) is 4.41. The molecule has 0 radical (unpaired) electrons. The molecule has 21 N–H and O–H groups in total. The number of carboxylic acid groups (broad SMARTS) is 1. The van der Waals surface area contributed by atoms with Crippen molar-refractivity contribution in [3.05, 3.63) is 186 Å². The fourth-order valence-corrected chi connectivity index (χ4v) is 15.9. The summed E-state index contributed by atoms with van der Waals surface area (Å²) in [7, 11) is 5.07. The second-order valence-electron chi connectivity index (χ2n) is 31.8. The maximum atomic E-state index is 16.6. The Morgan fingerprint density at radius 1 is 0.694 bits per heavy atom. The van der Waals surface area contributed by atoms with Gasteiger partial charge in [0.25, 0.3) is 0 Å². The summed E-state index contributed by atoms with van der Waals surface area (Å²) in [5.41, 5.74) is 3.96. The van der Waals surface area contributed by atoms with E-state index in [9.17, 15) is 65.4 Å². The Hall–Kier alpha value is -10.8. The van der Waals surface area contributed by atoms with Gasteiger partial charge in [-0.05, 0) is 153 Å². The maximum Gasteiger partial charge on any atom is 0.330 e. The summed E-state index contributed by atoms with van der Waals surface area (Å²) in [4.78, 5) is 124. The Morgan fingerprint density at radius 3 is 1.98 bits per heavy atom. The largest absolute Gasteiger partial charge is 0.507 e. The molecule has 0 saturated carbocycles. The van der Waals surface area contributed by atoms with Crippen molar-refractivity contribution in [2.75, 3.05) is 40.8 Å². The van der Waals surface area contributed by atoms with Crippen molar-refractivity contribution in [2.45, 2.75) is 169 Å². The number of rotatable bonds is 23. The van der Waals surface area contributed by atoms with Crippen molar-refractivity contribution in [2.24, 2.45) is 11.7 Å². The third kappa shape index (κ3) is 21.1. The Labute approximate surface area is 726 Å². The molecule has 0 aromatic heterocycles. The topological polar surface area (TPSA) is 532 Å². The molecule has 0 spiro atoms. The van der Waals surface area contributed by atoms with E-state index in [2.05, 4.69) is 47.9 Å². The zero-order valence-electron chi connectivity index (χ0n) is 68.1. The molecule has 35 nitrogen and oxygen atoms in total. The van der Waals surface area contributed by atoms with E-state index < -0.39 is 237 Å². The number of phenols is 3. The minimum Gasteiger partial charge on any atom is -0.507 e. The Kier molecular flexibility index (Phi) is 29.5. The van der Waals surface area contributed by atoms with Crippen molar-refractivity contribution in [1.29, 1.82) is 0 Å². The van der Waals surface area contributed by atoms with Crippen LogP contribution in [0.1, 0.15) is 127 Å². The summed E-state index contributed by atoms with van der Waals surface area (Å²) < 4.78 is 39.2.